The zero-order valence-corrected chi connectivity index (χ0v) is 10.3. The number of oxime groups is 1. The summed E-state index contributed by atoms with van der Waals surface area (Å²) < 4.78 is 5.46. The fourth-order valence-electron chi connectivity index (χ4n) is 1.92. The van der Waals surface area contributed by atoms with E-state index in [1.54, 1.807) is 4.90 Å². The second-order valence-corrected chi connectivity index (χ2v) is 4.17. The number of hydrogen-bond acceptors (Lipinski definition) is 4. The molecule has 1 saturated heterocycles. The first-order valence-corrected chi connectivity index (χ1v) is 6.03. The van der Waals surface area contributed by atoms with Crippen molar-refractivity contribution in [2.45, 2.75) is 38.7 Å². The van der Waals surface area contributed by atoms with Gasteiger partial charge < -0.3 is 20.6 Å². The Hall–Kier alpha value is -1.30. The van der Waals surface area contributed by atoms with E-state index in [1.165, 1.54) is 0 Å². The number of hydrogen-bond donors (Lipinski definition) is 2. The molecule has 0 bridgehead atoms. The van der Waals surface area contributed by atoms with Gasteiger partial charge in [-0.3, -0.25) is 4.79 Å². The summed E-state index contributed by atoms with van der Waals surface area (Å²) >= 11 is 0. The van der Waals surface area contributed by atoms with E-state index in [0.29, 0.717) is 13.0 Å². The highest BCUT2D eigenvalue weighted by atomic mass is 16.5. The van der Waals surface area contributed by atoms with Crippen LogP contribution in [0.2, 0.25) is 0 Å². The quantitative estimate of drug-likeness (QED) is 0.308. The van der Waals surface area contributed by atoms with Crippen LogP contribution < -0.4 is 5.73 Å². The van der Waals surface area contributed by atoms with Crippen molar-refractivity contribution in [2.24, 2.45) is 10.9 Å². The van der Waals surface area contributed by atoms with E-state index in [2.05, 4.69) is 5.16 Å². The van der Waals surface area contributed by atoms with Crippen LogP contribution in [0.1, 0.15) is 32.6 Å². The minimum absolute atomic E-state index is 0.0228. The molecule has 1 aliphatic heterocycles. The third kappa shape index (κ3) is 4.60. The molecule has 1 amide bonds. The average molecular weight is 243 g/mol. The van der Waals surface area contributed by atoms with Crippen LogP contribution >= 0.6 is 0 Å². The van der Waals surface area contributed by atoms with E-state index >= 15 is 0 Å². The van der Waals surface area contributed by atoms with Gasteiger partial charge in [-0.05, 0) is 26.2 Å². The second-order valence-electron chi connectivity index (χ2n) is 4.17. The van der Waals surface area contributed by atoms with Gasteiger partial charge in [-0.1, -0.05) is 5.16 Å². The summed E-state index contributed by atoms with van der Waals surface area (Å²) in [6.07, 6.45) is 3.56. The standard InChI is InChI=1S/C11H21N3O3/c1-2-14(8-10(12)13-16)11(15)6-5-9-4-3-7-17-9/h9,16H,2-8H2,1H3,(H2,12,13). The molecule has 1 unspecified atom stereocenters. The molecular formula is C11H21N3O3. The van der Waals surface area contributed by atoms with Crippen LogP contribution in [0, 0.1) is 0 Å². The minimum atomic E-state index is 0.0228. The molecule has 0 spiro atoms. The first-order chi connectivity index (χ1) is 8.17. The molecule has 6 heteroatoms. The van der Waals surface area contributed by atoms with Gasteiger partial charge in [0.2, 0.25) is 5.91 Å². The Labute approximate surface area is 101 Å². The van der Waals surface area contributed by atoms with Crippen LogP contribution in [0.25, 0.3) is 0 Å². The number of ether oxygens (including phenoxy) is 1. The zero-order chi connectivity index (χ0) is 12.7. The zero-order valence-electron chi connectivity index (χ0n) is 10.3. The predicted octanol–water partition coefficient (Wildman–Crippen LogP) is 0.540. The van der Waals surface area contributed by atoms with Gasteiger partial charge in [0.15, 0.2) is 5.84 Å². The van der Waals surface area contributed by atoms with Crippen molar-refractivity contribution in [1.29, 1.82) is 0 Å². The minimum Gasteiger partial charge on any atom is -0.409 e. The summed E-state index contributed by atoms with van der Waals surface area (Å²) in [7, 11) is 0. The Morgan fingerprint density at radius 2 is 2.41 bits per heavy atom. The summed E-state index contributed by atoms with van der Waals surface area (Å²) in [5.41, 5.74) is 5.39. The third-order valence-electron chi connectivity index (χ3n) is 2.92. The normalized spacial score (nSPS) is 20.5. The molecule has 6 nitrogen and oxygen atoms in total. The molecule has 1 atom stereocenters. The fraction of sp³-hybridized carbons (Fsp3) is 0.818. The number of nitrogens with zero attached hydrogens (tertiary/aromatic N) is 2. The van der Waals surface area contributed by atoms with Crippen LogP contribution in [0.3, 0.4) is 0 Å². The number of nitrogens with two attached hydrogens (primary N) is 1. The van der Waals surface area contributed by atoms with Gasteiger partial charge in [0, 0.05) is 19.6 Å². The van der Waals surface area contributed by atoms with Crippen molar-refractivity contribution >= 4 is 11.7 Å². The van der Waals surface area contributed by atoms with E-state index < -0.39 is 0 Å². The van der Waals surface area contributed by atoms with Crippen molar-refractivity contribution in [3.05, 3.63) is 0 Å². The summed E-state index contributed by atoms with van der Waals surface area (Å²) in [6, 6.07) is 0. The second kappa shape index (κ2) is 7.11. The van der Waals surface area contributed by atoms with E-state index in [-0.39, 0.29) is 24.4 Å². The highest BCUT2D eigenvalue weighted by Crippen LogP contribution is 2.17. The van der Waals surface area contributed by atoms with Gasteiger partial charge in [-0.15, -0.1) is 0 Å². The van der Waals surface area contributed by atoms with Gasteiger partial charge >= 0.3 is 0 Å². The van der Waals surface area contributed by atoms with Crippen LogP contribution in [-0.4, -0.2) is 47.7 Å². The third-order valence-corrected chi connectivity index (χ3v) is 2.92. The highest BCUT2D eigenvalue weighted by molar-refractivity contribution is 5.86. The van der Waals surface area contributed by atoms with Crippen LogP contribution in [0.5, 0.6) is 0 Å². The molecule has 98 valence electrons. The number of likely N-dealkylation sites (N-methyl/N-ethyl adjacent to an activating group) is 1. The van der Waals surface area contributed by atoms with Gasteiger partial charge in [0.25, 0.3) is 0 Å². The van der Waals surface area contributed by atoms with E-state index in [0.717, 1.165) is 25.9 Å². The Kier molecular flexibility index (Phi) is 5.76. The fourth-order valence-corrected chi connectivity index (χ4v) is 1.92. The Balaban J connectivity index is 2.32. The SMILES string of the molecule is CCN(C/C(N)=N/O)C(=O)CCC1CCCO1. The van der Waals surface area contributed by atoms with E-state index in [9.17, 15) is 4.79 Å². The number of amidine groups is 1. The van der Waals surface area contributed by atoms with Crippen LogP contribution in [0.15, 0.2) is 5.16 Å². The number of amides is 1. The lowest BCUT2D eigenvalue weighted by Gasteiger charge is -2.20. The maximum atomic E-state index is 11.9. The summed E-state index contributed by atoms with van der Waals surface area (Å²) in [5, 5.41) is 11.3. The molecule has 1 heterocycles. The van der Waals surface area contributed by atoms with Crippen molar-refractivity contribution in [1.82, 2.24) is 4.90 Å². The van der Waals surface area contributed by atoms with Crippen LogP contribution in [0.4, 0.5) is 0 Å². The number of rotatable bonds is 6. The van der Waals surface area contributed by atoms with Gasteiger partial charge in [-0.2, -0.15) is 0 Å². The van der Waals surface area contributed by atoms with Crippen molar-refractivity contribution < 1.29 is 14.7 Å². The molecule has 3 N–H and O–H groups in total. The first kappa shape index (κ1) is 13.8. The van der Waals surface area contributed by atoms with Gasteiger partial charge in [0.05, 0.1) is 12.6 Å². The van der Waals surface area contributed by atoms with Crippen molar-refractivity contribution in [3.8, 4) is 0 Å². The smallest absolute Gasteiger partial charge is 0.223 e. The van der Waals surface area contributed by atoms with Crippen LogP contribution in [-0.2, 0) is 9.53 Å². The molecule has 1 fully saturated rings. The summed E-state index contributed by atoms with van der Waals surface area (Å²) in [5.74, 6) is 0.0758. The molecule has 0 aromatic carbocycles. The maximum absolute atomic E-state index is 11.9. The van der Waals surface area contributed by atoms with Crippen molar-refractivity contribution in [2.75, 3.05) is 19.7 Å². The molecule has 1 aliphatic rings. The molecule has 17 heavy (non-hydrogen) atoms. The lowest BCUT2D eigenvalue weighted by atomic mass is 10.1. The molecule has 0 aromatic heterocycles. The van der Waals surface area contributed by atoms with Gasteiger partial charge in [0.1, 0.15) is 0 Å². The molecular weight excluding hydrogens is 222 g/mol. The molecule has 0 radical (unpaired) electrons. The Morgan fingerprint density at radius 3 is 2.94 bits per heavy atom. The molecule has 0 saturated carbocycles. The Bertz CT molecular complexity index is 275. The first-order valence-electron chi connectivity index (χ1n) is 6.03. The maximum Gasteiger partial charge on any atom is 0.223 e. The number of carbonyl (C=O) groups is 1. The van der Waals surface area contributed by atoms with Gasteiger partial charge in [-0.25, -0.2) is 0 Å². The summed E-state index contributed by atoms with van der Waals surface area (Å²) in [4.78, 5) is 13.4. The summed E-state index contributed by atoms with van der Waals surface area (Å²) in [6.45, 7) is 3.41. The largest absolute Gasteiger partial charge is 0.409 e. The van der Waals surface area contributed by atoms with E-state index in [1.807, 2.05) is 6.92 Å². The predicted molar refractivity (Wildman–Crippen MR) is 63.9 cm³/mol. The van der Waals surface area contributed by atoms with Crippen molar-refractivity contribution in [3.63, 3.8) is 0 Å². The monoisotopic (exact) mass is 243 g/mol. The molecule has 0 aliphatic carbocycles. The topological polar surface area (TPSA) is 88.1 Å². The lowest BCUT2D eigenvalue weighted by molar-refractivity contribution is -0.130. The highest BCUT2D eigenvalue weighted by Gasteiger charge is 2.19. The number of carbonyl (C=O) groups excluding carboxylic acids is 1. The van der Waals surface area contributed by atoms with E-state index in [4.69, 9.17) is 15.7 Å². The molecule has 1 rings (SSSR count). The Morgan fingerprint density at radius 1 is 1.65 bits per heavy atom. The molecule has 0 aromatic rings. The lowest BCUT2D eigenvalue weighted by Crippen LogP contribution is -2.38. The average Bonchev–Trinajstić information content (AvgIpc) is 2.85.